The molecule has 0 bridgehead atoms. The van der Waals surface area contributed by atoms with Gasteiger partial charge in [-0.05, 0) is 25.7 Å². The molecule has 6 nitrogen and oxygen atoms in total. The molecule has 1 saturated heterocycles. The van der Waals surface area contributed by atoms with Crippen molar-refractivity contribution in [2.45, 2.75) is 32.7 Å². The molecule has 1 aromatic heterocycles. The standard InChI is InChI=1S/C13H19N3O3/c1-3-19-12-7-11(14-8-15-12)16-5-4-9(2)6-10(16)13(17)18/h7-10H,3-6H2,1-2H3,(H,17,18). The first-order chi connectivity index (χ1) is 9.11. The van der Waals surface area contributed by atoms with E-state index in [1.165, 1.54) is 6.33 Å². The van der Waals surface area contributed by atoms with Gasteiger partial charge in [0.2, 0.25) is 5.88 Å². The van der Waals surface area contributed by atoms with E-state index < -0.39 is 12.0 Å². The van der Waals surface area contributed by atoms with Gasteiger partial charge >= 0.3 is 5.97 Å². The highest BCUT2D eigenvalue weighted by Gasteiger charge is 2.32. The number of carbonyl (C=O) groups is 1. The number of aliphatic carboxylic acids is 1. The van der Waals surface area contributed by atoms with Crippen molar-refractivity contribution in [2.75, 3.05) is 18.1 Å². The predicted molar refractivity (Wildman–Crippen MR) is 70.4 cm³/mol. The Balaban J connectivity index is 2.23. The first-order valence-electron chi connectivity index (χ1n) is 6.56. The molecule has 1 aliphatic heterocycles. The van der Waals surface area contributed by atoms with Crippen molar-refractivity contribution in [3.05, 3.63) is 12.4 Å². The van der Waals surface area contributed by atoms with Crippen LogP contribution in [0.3, 0.4) is 0 Å². The quantitative estimate of drug-likeness (QED) is 0.890. The lowest BCUT2D eigenvalue weighted by Gasteiger charge is -2.36. The van der Waals surface area contributed by atoms with E-state index in [9.17, 15) is 9.90 Å². The number of carboxylic acid groups (broad SMARTS) is 1. The fourth-order valence-corrected chi connectivity index (χ4v) is 2.36. The van der Waals surface area contributed by atoms with E-state index in [0.29, 0.717) is 37.2 Å². The van der Waals surface area contributed by atoms with Crippen molar-refractivity contribution < 1.29 is 14.6 Å². The minimum atomic E-state index is -0.803. The van der Waals surface area contributed by atoms with Gasteiger partial charge in [-0.15, -0.1) is 0 Å². The van der Waals surface area contributed by atoms with E-state index in [0.717, 1.165) is 6.42 Å². The van der Waals surface area contributed by atoms with Crippen LogP contribution < -0.4 is 9.64 Å². The molecule has 0 amide bonds. The van der Waals surface area contributed by atoms with Crippen LogP contribution in [0.15, 0.2) is 12.4 Å². The van der Waals surface area contributed by atoms with E-state index in [2.05, 4.69) is 16.9 Å². The van der Waals surface area contributed by atoms with Gasteiger partial charge in [0, 0.05) is 12.6 Å². The number of carboxylic acids is 1. The number of hydrogen-bond donors (Lipinski definition) is 1. The van der Waals surface area contributed by atoms with Gasteiger partial charge in [-0.1, -0.05) is 6.92 Å². The molecular formula is C13H19N3O3. The summed E-state index contributed by atoms with van der Waals surface area (Å²) in [6.45, 7) is 5.18. The van der Waals surface area contributed by atoms with Gasteiger partial charge in [0.25, 0.3) is 0 Å². The number of nitrogens with zero attached hydrogens (tertiary/aromatic N) is 3. The maximum absolute atomic E-state index is 11.4. The summed E-state index contributed by atoms with van der Waals surface area (Å²) in [5.41, 5.74) is 0. The van der Waals surface area contributed by atoms with Crippen LogP contribution in [0.5, 0.6) is 5.88 Å². The SMILES string of the molecule is CCOc1cc(N2CCC(C)CC2C(=O)O)ncn1. The minimum absolute atomic E-state index is 0.422. The number of piperidine rings is 1. The second-order valence-corrected chi connectivity index (χ2v) is 4.82. The number of rotatable bonds is 4. The van der Waals surface area contributed by atoms with Crippen molar-refractivity contribution in [3.63, 3.8) is 0 Å². The van der Waals surface area contributed by atoms with Crippen LogP contribution in [0, 0.1) is 5.92 Å². The van der Waals surface area contributed by atoms with Crippen LogP contribution in [0.1, 0.15) is 26.7 Å². The number of aromatic nitrogens is 2. The van der Waals surface area contributed by atoms with E-state index in [1.807, 2.05) is 11.8 Å². The normalized spacial score (nSPS) is 23.2. The zero-order valence-corrected chi connectivity index (χ0v) is 11.2. The van der Waals surface area contributed by atoms with Crippen molar-refractivity contribution in [1.29, 1.82) is 0 Å². The minimum Gasteiger partial charge on any atom is -0.480 e. The van der Waals surface area contributed by atoms with Gasteiger partial charge in [-0.3, -0.25) is 0 Å². The monoisotopic (exact) mass is 265 g/mol. The Kier molecular flexibility index (Phi) is 4.19. The van der Waals surface area contributed by atoms with Crippen molar-refractivity contribution in [3.8, 4) is 5.88 Å². The molecule has 0 aromatic carbocycles. The summed E-state index contributed by atoms with van der Waals surface area (Å²) in [7, 11) is 0. The maximum Gasteiger partial charge on any atom is 0.326 e. The third-order valence-electron chi connectivity index (χ3n) is 3.36. The highest BCUT2D eigenvalue weighted by Crippen LogP contribution is 2.27. The Morgan fingerprint density at radius 1 is 1.58 bits per heavy atom. The third-order valence-corrected chi connectivity index (χ3v) is 3.36. The summed E-state index contributed by atoms with van der Waals surface area (Å²) in [5, 5.41) is 9.34. The zero-order valence-electron chi connectivity index (χ0n) is 11.2. The van der Waals surface area contributed by atoms with E-state index >= 15 is 0 Å². The Morgan fingerprint density at radius 2 is 2.37 bits per heavy atom. The molecule has 1 fully saturated rings. The molecule has 2 heterocycles. The Morgan fingerprint density at radius 3 is 3.05 bits per heavy atom. The first kappa shape index (κ1) is 13.6. The van der Waals surface area contributed by atoms with Crippen LogP contribution in [-0.4, -0.2) is 40.2 Å². The van der Waals surface area contributed by atoms with Crippen LogP contribution in [0.4, 0.5) is 5.82 Å². The molecular weight excluding hydrogens is 246 g/mol. The predicted octanol–water partition coefficient (Wildman–Crippen LogP) is 1.56. The van der Waals surface area contributed by atoms with Crippen LogP contribution in [-0.2, 0) is 4.79 Å². The molecule has 2 rings (SSSR count). The molecule has 1 aromatic rings. The smallest absolute Gasteiger partial charge is 0.326 e. The van der Waals surface area contributed by atoms with Gasteiger partial charge < -0.3 is 14.7 Å². The second kappa shape index (κ2) is 5.86. The lowest BCUT2D eigenvalue weighted by molar-refractivity contribution is -0.139. The van der Waals surface area contributed by atoms with Crippen LogP contribution in [0.2, 0.25) is 0 Å². The van der Waals surface area contributed by atoms with Gasteiger partial charge in [-0.25, -0.2) is 14.8 Å². The molecule has 2 atom stereocenters. The van der Waals surface area contributed by atoms with E-state index in [1.54, 1.807) is 6.07 Å². The summed E-state index contributed by atoms with van der Waals surface area (Å²) >= 11 is 0. The van der Waals surface area contributed by atoms with Gasteiger partial charge in [0.15, 0.2) is 0 Å². The van der Waals surface area contributed by atoms with Crippen LogP contribution in [0.25, 0.3) is 0 Å². The summed E-state index contributed by atoms with van der Waals surface area (Å²) in [6, 6.07) is 1.18. The fraction of sp³-hybridized carbons (Fsp3) is 0.615. The van der Waals surface area contributed by atoms with Gasteiger partial charge in [0.05, 0.1) is 6.61 Å². The topological polar surface area (TPSA) is 75.5 Å². The summed E-state index contributed by atoms with van der Waals surface area (Å²) in [5.74, 6) is 0.724. The molecule has 0 aliphatic carbocycles. The third kappa shape index (κ3) is 3.13. The Bertz CT molecular complexity index is 453. The average molecular weight is 265 g/mol. The first-order valence-corrected chi connectivity index (χ1v) is 6.56. The summed E-state index contributed by atoms with van der Waals surface area (Å²) in [6.07, 6.45) is 3.03. The highest BCUT2D eigenvalue weighted by atomic mass is 16.5. The molecule has 19 heavy (non-hydrogen) atoms. The highest BCUT2D eigenvalue weighted by molar-refractivity contribution is 5.78. The lowest BCUT2D eigenvalue weighted by Crippen LogP contribution is -2.47. The molecule has 0 saturated carbocycles. The number of anilines is 1. The lowest BCUT2D eigenvalue weighted by atomic mass is 9.92. The van der Waals surface area contributed by atoms with Gasteiger partial charge in [0.1, 0.15) is 18.2 Å². The van der Waals surface area contributed by atoms with Crippen molar-refractivity contribution in [1.82, 2.24) is 9.97 Å². The van der Waals surface area contributed by atoms with Gasteiger partial charge in [-0.2, -0.15) is 0 Å². The number of hydrogen-bond acceptors (Lipinski definition) is 5. The molecule has 0 radical (unpaired) electrons. The maximum atomic E-state index is 11.4. The van der Waals surface area contributed by atoms with E-state index in [4.69, 9.17) is 4.74 Å². The fourth-order valence-electron chi connectivity index (χ4n) is 2.36. The molecule has 2 unspecified atom stereocenters. The molecule has 0 spiro atoms. The van der Waals surface area contributed by atoms with Crippen molar-refractivity contribution in [2.24, 2.45) is 5.92 Å². The molecule has 1 N–H and O–H groups in total. The molecule has 6 heteroatoms. The molecule has 104 valence electrons. The molecule has 1 aliphatic rings. The summed E-state index contributed by atoms with van der Waals surface area (Å²) < 4.78 is 5.33. The summed E-state index contributed by atoms with van der Waals surface area (Å²) in [4.78, 5) is 21.4. The Labute approximate surface area is 112 Å². The van der Waals surface area contributed by atoms with Crippen LogP contribution >= 0.6 is 0 Å². The largest absolute Gasteiger partial charge is 0.480 e. The van der Waals surface area contributed by atoms with Crippen molar-refractivity contribution >= 4 is 11.8 Å². The zero-order chi connectivity index (χ0) is 13.8. The second-order valence-electron chi connectivity index (χ2n) is 4.82. The Hall–Kier alpha value is -1.85. The number of ether oxygens (including phenoxy) is 1. The van der Waals surface area contributed by atoms with E-state index in [-0.39, 0.29) is 0 Å². The average Bonchev–Trinajstić information content (AvgIpc) is 2.39.